The second-order valence-corrected chi connectivity index (χ2v) is 5.05. The van der Waals surface area contributed by atoms with Crippen molar-refractivity contribution in [3.05, 3.63) is 42.0 Å². The van der Waals surface area contributed by atoms with Crippen molar-refractivity contribution in [1.29, 1.82) is 5.26 Å². The largest absolute Gasteiger partial charge is 0.370 e. The van der Waals surface area contributed by atoms with E-state index in [-0.39, 0.29) is 0 Å². The highest BCUT2D eigenvalue weighted by Crippen LogP contribution is 2.30. The molecule has 3 rings (SSSR count). The zero-order valence-corrected chi connectivity index (χ0v) is 11.1. The Morgan fingerprint density at radius 2 is 2.00 bits per heavy atom. The monoisotopic (exact) mass is 251 g/mol. The number of hydrogen-bond donors (Lipinski definition) is 1. The number of nitrogens with zero attached hydrogens (tertiary/aromatic N) is 2. The van der Waals surface area contributed by atoms with Gasteiger partial charge >= 0.3 is 0 Å². The summed E-state index contributed by atoms with van der Waals surface area (Å²) in [7, 11) is 2.14. The van der Waals surface area contributed by atoms with Gasteiger partial charge in [0.05, 0.1) is 11.6 Å². The maximum absolute atomic E-state index is 9.20. The Bertz CT molecular complexity index is 636. The fourth-order valence-corrected chi connectivity index (χ4v) is 2.85. The minimum absolute atomic E-state index is 0.538. The SMILES string of the molecule is CN(c1ccc(C#N)c2ccccc12)C1CCNC1. The fraction of sp³-hybridized carbons (Fsp3) is 0.312. The predicted octanol–water partition coefficient (Wildman–Crippen LogP) is 2.51. The van der Waals surface area contributed by atoms with Crippen molar-refractivity contribution in [1.82, 2.24) is 5.32 Å². The van der Waals surface area contributed by atoms with Gasteiger partial charge in [0.1, 0.15) is 0 Å². The van der Waals surface area contributed by atoms with Crippen LogP contribution in [-0.4, -0.2) is 26.2 Å². The van der Waals surface area contributed by atoms with Gasteiger partial charge in [0, 0.05) is 36.1 Å². The Kier molecular flexibility index (Phi) is 3.10. The van der Waals surface area contributed by atoms with E-state index in [2.05, 4.69) is 35.5 Å². The van der Waals surface area contributed by atoms with Gasteiger partial charge < -0.3 is 10.2 Å². The molecule has 0 bridgehead atoms. The smallest absolute Gasteiger partial charge is 0.0998 e. The van der Waals surface area contributed by atoms with Crippen LogP contribution in [0.5, 0.6) is 0 Å². The molecule has 1 heterocycles. The summed E-state index contributed by atoms with van der Waals surface area (Å²) < 4.78 is 0. The summed E-state index contributed by atoms with van der Waals surface area (Å²) >= 11 is 0. The lowest BCUT2D eigenvalue weighted by atomic mass is 10.0. The number of nitrogens with one attached hydrogen (secondary N) is 1. The van der Waals surface area contributed by atoms with Crippen LogP contribution in [0.3, 0.4) is 0 Å². The van der Waals surface area contributed by atoms with Gasteiger partial charge in [-0.3, -0.25) is 0 Å². The van der Waals surface area contributed by atoms with E-state index in [0.717, 1.165) is 29.4 Å². The first-order valence-corrected chi connectivity index (χ1v) is 6.66. The van der Waals surface area contributed by atoms with E-state index in [4.69, 9.17) is 0 Å². The Balaban J connectivity index is 2.11. The molecule has 96 valence electrons. The predicted molar refractivity (Wildman–Crippen MR) is 78.3 cm³/mol. The van der Waals surface area contributed by atoms with Gasteiger partial charge in [-0.1, -0.05) is 24.3 Å². The van der Waals surface area contributed by atoms with Crippen molar-refractivity contribution in [3.8, 4) is 6.07 Å². The molecule has 0 aliphatic carbocycles. The highest BCUT2D eigenvalue weighted by molar-refractivity contribution is 5.97. The summed E-state index contributed by atoms with van der Waals surface area (Å²) in [5.74, 6) is 0. The molecule has 2 aromatic rings. The molecule has 0 amide bonds. The molecule has 0 aromatic heterocycles. The van der Waals surface area contributed by atoms with Crippen LogP contribution in [-0.2, 0) is 0 Å². The lowest BCUT2D eigenvalue weighted by Gasteiger charge is -2.27. The van der Waals surface area contributed by atoms with Crippen molar-refractivity contribution in [2.24, 2.45) is 0 Å². The van der Waals surface area contributed by atoms with E-state index in [9.17, 15) is 5.26 Å². The molecule has 1 N–H and O–H groups in total. The van der Waals surface area contributed by atoms with Crippen molar-refractivity contribution in [2.45, 2.75) is 12.5 Å². The van der Waals surface area contributed by atoms with Crippen LogP contribution in [0.2, 0.25) is 0 Å². The Morgan fingerprint density at radius 1 is 1.21 bits per heavy atom. The molecular formula is C16H17N3. The lowest BCUT2D eigenvalue weighted by Crippen LogP contribution is -2.33. The first kappa shape index (κ1) is 12.0. The first-order valence-electron chi connectivity index (χ1n) is 6.66. The Hall–Kier alpha value is -2.05. The van der Waals surface area contributed by atoms with Crippen LogP contribution in [0.4, 0.5) is 5.69 Å². The average Bonchev–Trinajstić information content (AvgIpc) is 2.99. The molecule has 19 heavy (non-hydrogen) atoms. The molecule has 1 fully saturated rings. The van der Waals surface area contributed by atoms with E-state index in [1.807, 2.05) is 24.3 Å². The Labute approximate surface area is 113 Å². The number of benzene rings is 2. The molecule has 2 aromatic carbocycles. The van der Waals surface area contributed by atoms with Crippen molar-refractivity contribution < 1.29 is 0 Å². The van der Waals surface area contributed by atoms with Crippen LogP contribution in [0.25, 0.3) is 10.8 Å². The standard InChI is InChI=1S/C16H17N3/c1-19(13-8-9-18-11-13)16-7-6-12(10-17)14-4-2-3-5-15(14)16/h2-7,13,18H,8-9,11H2,1H3. The number of fused-ring (bicyclic) bond motifs is 1. The number of nitriles is 1. The summed E-state index contributed by atoms with van der Waals surface area (Å²) in [5.41, 5.74) is 1.96. The highest BCUT2D eigenvalue weighted by Gasteiger charge is 2.21. The number of likely N-dealkylation sites (N-methyl/N-ethyl adjacent to an activating group) is 1. The van der Waals surface area contributed by atoms with Crippen LogP contribution in [0.15, 0.2) is 36.4 Å². The second-order valence-electron chi connectivity index (χ2n) is 5.05. The normalized spacial score (nSPS) is 18.4. The maximum atomic E-state index is 9.20. The third-order valence-electron chi connectivity index (χ3n) is 3.98. The number of anilines is 1. The van der Waals surface area contributed by atoms with Gasteiger partial charge in [-0.15, -0.1) is 0 Å². The van der Waals surface area contributed by atoms with Gasteiger partial charge in [-0.05, 0) is 25.1 Å². The molecule has 1 unspecified atom stereocenters. The van der Waals surface area contributed by atoms with Crippen molar-refractivity contribution >= 4 is 16.5 Å². The van der Waals surface area contributed by atoms with E-state index in [1.165, 1.54) is 12.1 Å². The van der Waals surface area contributed by atoms with Gasteiger partial charge in [-0.2, -0.15) is 5.26 Å². The van der Waals surface area contributed by atoms with Crippen LogP contribution >= 0.6 is 0 Å². The highest BCUT2D eigenvalue weighted by atomic mass is 15.2. The molecule has 3 nitrogen and oxygen atoms in total. The molecule has 0 spiro atoms. The lowest BCUT2D eigenvalue weighted by molar-refractivity contribution is 0.687. The third-order valence-corrected chi connectivity index (χ3v) is 3.98. The Morgan fingerprint density at radius 3 is 2.68 bits per heavy atom. The zero-order chi connectivity index (χ0) is 13.2. The fourth-order valence-electron chi connectivity index (χ4n) is 2.85. The summed E-state index contributed by atoms with van der Waals surface area (Å²) in [6.45, 7) is 2.12. The quantitative estimate of drug-likeness (QED) is 0.891. The van der Waals surface area contributed by atoms with Crippen LogP contribution < -0.4 is 10.2 Å². The zero-order valence-electron chi connectivity index (χ0n) is 11.1. The van der Waals surface area contributed by atoms with E-state index in [0.29, 0.717) is 6.04 Å². The summed E-state index contributed by atoms with van der Waals surface area (Å²) in [5, 5.41) is 14.8. The molecule has 1 atom stereocenters. The van der Waals surface area contributed by atoms with Gasteiger partial charge in [0.15, 0.2) is 0 Å². The molecule has 1 aliphatic rings. The third kappa shape index (κ3) is 2.05. The average molecular weight is 251 g/mol. The minimum Gasteiger partial charge on any atom is -0.370 e. The number of rotatable bonds is 2. The number of hydrogen-bond acceptors (Lipinski definition) is 3. The van der Waals surface area contributed by atoms with Crippen molar-refractivity contribution in [3.63, 3.8) is 0 Å². The van der Waals surface area contributed by atoms with Gasteiger partial charge in [0.2, 0.25) is 0 Å². The first-order chi connectivity index (χ1) is 9.31. The van der Waals surface area contributed by atoms with E-state index < -0.39 is 0 Å². The molecule has 0 saturated carbocycles. The second kappa shape index (κ2) is 4.91. The van der Waals surface area contributed by atoms with Gasteiger partial charge in [0.25, 0.3) is 0 Å². The maximum Gasteiger partial charge on any atom is 0.0998 e. The van der Waals surface area contributed by atoms with Crippen LogP contribution in [0.1, 0.15) is 12.0 Å². The van der Waals surface area contributed by atoms with Crippen LogP contribution in [0, 0.1) is 11.3 Å². The summed E-state index contributed by atoms with van der Waals surface area (Å²) in [6.07, 6.45) is 1.17. The molecule has 3 heteroatoms. The van der Waals surface area contributed by atoms with Crippen molar-refractivity contribution in [2.75, 3.05) is 25.0 Å². The topological polar surface area (TPSA) is 39.1 Å². The van der Waals surface area contributed by atoms with E-state index in [1.54, 1.807) is 0 Å². The molecule has 1 aliphatic heterocycles. The summed E-state index contributed by atoms with van der Waals surface area (Å²) in [4.78, 5) is 2.34. The molecule has 1 saturated heterocycles. The minimum atomic E-state index is 0.538. The molecular weight excluding hydrogens is 234 g/mol. The van der Waals surface area contributed by atoms with E-state index >= 15 is 0 Å². The molecule has 0 radical (unpaired) electrons. The van der Waals surface area contributed by atoms with Gasteiger partial charge in [-0.25, -0.2) is 0 Å². The summed E-state index contributed by atoms with van der Waals surface area (Å²) in [6, 6.07) is 15.0.